The van der Waals surface area contributed by atoms with Gasteiger partial charge in [-0.2, -0.15) is 0 Å². The number of carbonyl (C=O) groups is 1. The molecule has 0 unspecified atom stereocenters. The van der Waals surface area contributed by atoms with E-state index in [-0.39, 0.29) is 12.4 Å². The van der Waals surface area contributed by atoms with Crippen molar-refractivity contribution in [2.75, 3.05) is 6.61 Å². The predicted octanol–water partition coefficient (Wildman–Crippen LogP) is 3.99. The van der Waals surface area contributed by atoms with Crippen LogP contribution in [0.3, 0.4) is 0 Å². The molecule has 25 heavy (non-hydrogen) atoms. The maximum Gasteiger partial charge on any atom is 0.418 e. The zero-order valence-electron chi connectivity index (χ0n) is 14.0. The van der Waals surface area contributed by atoms with Crippen molar-refractivity contribution >= 4 is 41.3 Å². The highest BCUT2D eigenvalue weighted by Crippen LogP contribution is 2.17. The van der Waals surface area contributed by atoms with E-state index in [1.54, 1.807) is 25.1 Å². The van der Waals surface area contributed by atoms with Crippen LogP contribution < -0.4 is 10.6 Å². The second-order valence-corrected chi connectivity index (χ2v) is 6.14. The molecule has 1 heterocycles. The van der Waals surface area contributed by atoms with E-state index < -0.39 is 6.09 Å². The highest BCUT2D eigenvalue weighted by molar-refractivity contribution is 6.31. The molecule has 5 heteroatoms. The fourth-order valence-electron chi connectivity index (χ4n) is 2.82. The van der Waals surface area contributed by atoms with E-state index in [9.17, 15) is 9.18 Å². The number of rotatable bonds is 2. The van der Waals surface area contributed by atoms with Gasteiger partial charge >= 0.3 is 6.09 Å². The second-order valence-electron chi connectivity index (χ2n) is 5.70. The Labute approximate surface area is 149 Å². The molecule has 0 atom stereocenters. The Morgan fingerprint density at radius 1 is 1.32 bits per heavy atom. The van der Waals surface area contributed by atoms with Crippen LogP contribution in [0.4, 0.5) is 9.18 Å². The first-order valence-electron chi connectivity index (χ1n) is 7.86. The van der Waals surface area contributed by atoms with Crippen molar-refractivity contribution in [3.8, 4) is 0 Å². The lowest BCUT2D eigenvalue weighted by molar-refractivity contribution is 0.154. The van der Waals surface area contributed by atoms with Gasteiger partial charge < -0.3 is 4.74 Å². The summed E-state index contributed by atoms with van der Waals surface area (Å²) in [6.07, 6.45) is 1.31. The van der Waals surface area contributed by atoms with Crippen LogP contribution in [0.25, 0.3) is 23.6 Å². The van der Waals surface area contributed by atoms with Crippen molar-refractivity contribution in [3.63, 3.8) is 0 Å². The summed E-state index contributed by atoms with van der Waals surface area (Å²) in [7, 11) is 0. The summed E-state index contributed by atoms with van der Waals surface area (Å²) in [4.78, 5) is 12.4. The van der Waals surface area contributed by atoms with E-state index in [0.29, 0.717) is 15.9 Å². The van der Waals surface area contributed by atoms with Crippen LogP contribution in [0.15, 0.2) is 36.4 Å². The minimum absolute atomic E-state index is 0.251. The molecule has 0 spiro atoms. The fourth-order valence-corrected chi connectivity index (χ4v) is 2.99. The van der Waals surface area contributed by atoms with E-state index in [1.165, 1.54) is 16.7 Å². The molecule has 0 aliphatic rings. The quantitative estimate of drug-likeness (QED) is 0.694. The Morgan fingerprint density at radius 3 is 2.80 bits per heavy atom. The molecule has 128 valence electrons. The van der Waals surface area contributed by atoms with Gasteiger partial charge in [0.15, 0.2) is 0 Å². The first-order chi connectivity index (χ1) is 11.9. The number of fused-ring (bicyclic) bond motifs is 1. The summed E-state index contributed by atoms with van der Waals surface area (Å²) in [6, 6.07) is 9.85. The van der Waals surface area contributed by atoms with Crippen LogP contribution in [0.1, 0.15) is 18.1 Å². The minimum Gasteiger partial charge on any atom is -0.449 e. The molecule has 0 fully saturated rings. The lowest BCUT2D eigenvalue weighted by Gasteiger charge is -2.04. The number of halogens is 2. The van der Waals surface area contributed by atoms with Gasteiger partial charge in [-0.25, -0.2) is 13.8 Å². The molecule has 3 rings (SSSR count). The number of hydrogen-bond donors (Lipinski definition) is 0. The molecule has 0 bridgehead atoms. The number of hydrogen-bond acceptors (Lipinski definition) is 2. The fraction of sp³-hybridized carbons (Fsp3) is 0.150. The molecule has 0 aliphatic carbocycles. The van der Waals surface area contributed by atoms with Crippen molar-refractivity contribution in [3.05, 3.63) is 68.9 Å². The van der Waals surface area contributed by atoms with Crippen molar-refractivity contribution in [1.29, 1.82) is 0 Å². The van der Waals surface area contributed by atoms with Crippen LogP contribution in [0.2, 0.25) is 5.02 Å². The van der Waals surface area contributed by atoms with Gasteiger partial charge in [-0.1, -0.05) is 30.3 Å². The van der Waals surface area contributed by atoms with Gasteiger partial charge in [0.25, 0.3) is 0 Å². The van der Waals surface area contributed by atoms with E-state index in [1.807, 2.05) is 19.1 Å². The summed E-state index contributed by atoms with van der Waals surface area (Å²) in [5.41, 5.74) is 2.26. The summed E-state index contributed by atoms with van der Waals surface area (Å²) in [5, 5.41) is 2.50. The largest absolute Gasteiger partial charge is 0.449 e. The number of aryl methyl sites for hydroxylation is 1. The Bertz CT molecular complexity index is 1090. The topological polar surface area (TPSA) is 31.2 Å². The van der Waals surface area contributed by atoms with Crippen LogP contribution in [0, 0.1) is 12.7 Å². The highest BCUT2D eigenvalue weighted by Gasteiger charge is 2.14. The van der Waals surface area contributed by atoms with Crippen molar-refractivity contribution < 1.29 is 13.9 Å². The molecule has 3 aromatic rings. The van der Waals surface area contributed by atoms with Gasteiger partial charge in [0, 0.05) is 15.6 Å². The average molecular weight is 358 g/mol. The number of nitrogens with zero attached hydrogens (tertiary/aromatic N) is 1. The third-order valence-corrected chi connectivity index (χ3v) is 4.30. The van der Waals surface area contributed by atoms with Crippen molar-refractivity contribution in [1.82, 2.24) is 4.57 Å². The maximum absolute atomic E-state index is 13.6. The van der Waals surface area contributed by atoms with Crippen LogP contribution >= 0.6 is 11.6 Å². The first kappa shape index (κ1) is 17.2. The molecule has 0 aliphatic heterocycles. The van der Waals surface area contributed by atoms with Gasteiger partial charge in [-0.15, -0.1) is 0 Å². The molecule has 0 saturated heterocycles. The zero-order chi connectivity index (χ0) is 18.1. The predicted molar refractivity (Wildman–Crippen MR) is 98.8 cm³/mol. The lowest BCUT2D eigenvalue weighted by atomic mass is 10.1. The summed E-state index contributed by atoms with van der Waals surface area (Å²) in [5.74, 6) is -0.320. The summed E-state index contributed by atoms with van der Waals surface area (Å²) >= 11 is 6.09. The molecule has 2 aromatic carbocycles. The third-order valence-electron chi connectivity index (χ3n) is 4.06. The Balaban J connectivity index is 2.38. The van der Waals surface area contributed by atoms with E-state index in [0.717, 1.165) is 21.7 Å². The van der Waals surface area contributed by atoms with Gasteiger partial charge in [0.2, 0.25) is 0 Å². The first-order valence-corrected chi connectivity index (χ1v) is 8.24. The van der Waals surface area contributed by atoms with Crippen LogP contribution in [-0.4, -0.2) is 17.3 Å². The molecule has 0 radical (unpaired) electrons. The van der Waals surface area contributed by atoms with Crippen molar-refractivity contribution in [2.45, 2.75) is 13.8 Å². The monoisotopic (exact) mass is 357 g/mol. The molecule has 3 nitrogen and oxygen atoms in total. The molecule has 0 saturated carbocycles. The van der Waals surface area contributed by atoms with Gasteiger partial charge in [0.1, 0.15) is 5.82 Å². The Morgan fingerprint density at radius 2 is 2.08 bits per heavy atom. The number of benzene rings is 2. The smallest absolute Gasteiger partial charge is 0.418 e. The third kappa shape index (κ3) is 3.17. The van der Waals surface area contributed by atoms with Gasteiger partial charge in [-0.05, 0) is 55.3 Å². The molecule has 0 amide bonds. The average Bonchev–Trinajstić information content (AvgIpc) is 2.82. The SMILES string of the molecule is C=c1c(=Cc2cc(F)ccc2C)c2ccc(Cl)cc2n1C(=O)OCC. The zero-order valence-corrected chi connectivity index (χ0v) is 14.7. The molecular formula is C20H17ClFNO2. The second kappa shape index (κ2) is 6.73. The van der Waals surface area contributed by atoms with Crippen molar-refractivity contribution in [2.24, 2.45) is 0 Å². The number of ether oxygens (including phenoxy) is 1. The van der Waals surface area contributed by atoms with Gasteiger partial charge in [-0.3, -0.25) is 0 Å². The van der Waals surface area contributed by atoms with Crippen LogP contribution in [0.5, 0.6) is 0 Å². The normalized spacial score (nSPS) is 11.9. The lowest BCUT2D eigenvalue weighted by Crippen LogP contribution is -2.32. The Hall–Kier alpha value is -2.59. The number of aromatic nitrogens is 1. The standard InChI is InChI=1S/C20H17ClFNO2/c1-4-25-20(24)23-13(3)18(17-8-6-15(21)11-19(17)23)10-14-9-16(22)7-5-12(14)2/h5-11H,3-4H2,1-2H3. The van der Waals surface area contributed by atoms with E-state index >= 15 is 0 Å². The molecular weight excluding hydrogens is 341 g/mol. The molecule has 1 aromatic heterocycles. The highest BCUT2D eigenvalue weighted by atomic mass is 35.5. The summed E-state index contributed by atoms with van der Waals surface area (Å²) in [6.45, 7) is 7.92. The van der Waals surface area contributed by atoms with E-state index in [4.69, 9.17) is 16.3 Å². The van der Waals surface area contributed by atoms with Crippen LogP contribution in [-0.2, 0) is 4.74 Å². The molecule has 0 N–H and O–H groups in total. The number of carbonyl (C=O) groups excluding carboxylic acids is 1. The van der Waals surface area contributed by atoms with E-state index in [2.05, 4.69) is 6.58 Å². The van der Waals surface area contributed by atoms with Gasteiger partial charge in [0.05, 0.1) is 17.5 Å². The summed E-state index contributed by atoms with van der Waals surface area (Å²) < 4.78 is 20.1. The maximum atomic E-state index is 13.6. The minimum atomic E-state index is -0.518. The Kier molecular flexibility index (Phi) is 4.64.